The van der Waals surface area contributed by atoms with Crippen molar-refractivity contribution in [3.8, 4) is 0 Å². The van der Waals surface area contributed by atoms with Crippen molar-refractivity contribution in [3.63, 3.8) is 0 Å². The van der Waals surface area contributed by atoms with E-state index in [4.69, 9.17) is 0 Å². The highest BCUT2D eigenvalue weighted by molar-refractivity contribution is 5.64. The summed E-state index contributed by atoms with van der Waals surface area (Å²) < 4.78 is 13.8. The van der Waals surface area contributed by atoms with Gasteiger partial charge in [-0.15, -0.1) is 0 Å². The first-order chi connectivity index (χ1) is 9.04. The Balaban J connectivity index is 2.55. The van der Waals surface area contributed by atoms with Gasteiger partial charge in [-0.25, -0.2) is 9.37 Å². The number of hydrogen-bond acceptors (Lipinski definition) is 3. The van der Waals surface area contributed by atoms with Crippen LogP contribution in [0.5, 0.6) is 0 Å². The summed E-state index contributed by atoms with van der Waals surface area (Å²) >= 11 is 0. The fraction of sp³-hybridized carbons (Fsp3) is 0.267. The Bertz CT molecular complexity index is 599. The van der Waals surface area contributed by atoms with E-state index in [1.807, 2.05) is 19.9 Å². The van der Waals surface area contributed by atoms with Gasteiger partial charge in [0.1, 0.15) is 11.6 Å². The zero-order chi connectivity index (χ0) is 14.0. The molecule has 3 nitrogen and oxygen atoms in total. The molecule has 0 saturated carbocycles. The Kier molecular flexibility index (Phi) is 3.81. The minimum atomic E-state index is -0.310. The summed E-state index contributed by atoms with van der Waals surface area (Å²) in [6.45, 7) is 3.68. The fourth-order valence-electron chi connectivity index (χ4n) is 2.15. The quantitative estimate of drug-likeness (QED) is 0.921. The van der Waals surface area contributed by atoms with E-state index < -0.39 is 0 Å². The molecule has 1 aromatic carbocycles. The first kappa shape index (κ1) is 13.5. The maximum absolute atomic E-state index is 13.8. The van der Waals surface area contributed by atoms with Crippen LogP contribution in [-0.2, 0) is 6.61 Å². The van der Waals surface area contributed by atoms with Gasteiger partial charge in [-0.05, 0) is 37.6 Å². The number of aliphatic hydroxyl groups is 1. The van der Waals surface area contributed by atoms with E-state index in [1.165, 1.54) is 6.07 Å². The number of benzene rings is 1. The summed E-state index contributed by atoms with van der Waals surface area (Å²) in [4.78, 5) is 6.09. The number of anilines is 2. The lowest BCUT2D eigenvalue weighted by Gasteiger charge is -2.23. The van der Waals surface area contributed by atoms with Crippen LogP contribution in [0, 0.1) is 19.7 Å². The first-order valence-electron chi connectivity index (χ1n) is 6.11. The van der Waals surface area contributed by atoms with Crippen LogP contribution in [0.25, 0.3) is 0 Å². The molecule has 1 N–H and O–H groups in total. The van der Waals surface area contributed by atoms with Gasteiger partial charge < -0.3 is 10.0 Å². The van der Waals surface area contributed by atoms with E-state index >= 15 is 0 Å². The lowest BCUT2D eigenvalue weighted by atomic mass is 10.1. The minimum Gasteiger partial charge on any atom is -0.392 e. The molecule has 0 amide bonds. The van der Waals surface area contributed by atoms with Gasteiger partial charge in [-0.2, -0.15) is 0 Å². The summed E-state index contributed by atoms with van der Waals surface area (Å²) in [7, 11) is 1.75. The van der Waals surface area contributed by atoms with Crippen LogP contribution in [-0.4, -0.2) is 17.1 Å². The van der Waals surface area contributed by atoms with Gasteiger partial charge >= 0.3 is 0 Å². The van der Waals surface area contributed by atoms with E-state index in [0.717, 1.165) is 16.8 Å². The van der Waals surface area contributed by atoms with E-state index in [-0.39, 0.29) is 12.4 Å². The van der Waals surface area contributed by atoms with E-state index in [9.17, 15) is 9.50 Å². The zero-order valence-electron chi connectivity index (χ0n) is 11.3. The number of hydrogen-bond donors (Lipinski definition) is 1. The molecule has 4 heteroatoms. The largest absolute Gasteiger partial charge is 0.392 e. The average Bonchev–Trinajstić information content (AvgIpc) is 2.37. The third kappa shape index (κ3) is 2.58. The Labute approximate surface area is 112 Å². The van der Waals surface area contributed by atoms with Crippen molar-refractivity contribution < 1.29 is 9.50 Å². The molecule has 0 unspecified atom stereocenters. The maximum atomic E-state index is 13.8. The molecule has 2 rings (SSSR count). The van der Waals surface area contributed by atoms with Gasteiger partial charge in [0.2, 0.25) is 0 Å². The number of pyridine rings is 1. The standard InChI is InChI=1S/C15H17FN2O/c1-10-8-11(2)17-15(12(10)9-19)18(3)14-7-5-4-6-13(14)16/h4-8,19H,9H2,1-3H3. The summed E-state index contributed by atoms with van der Waals surface area (Å²) in [6, 6.07) is 8.43. The smallest absolute Gasteiger partial charge is 0.146 e. The maximum Gasteiger partial charge on any atom is 0.146 e. The molecule has 2 aromatic rings. The first-order valence-corrected chi connectivity index (χ1v) is 6.11. The molecule has 100 valence electrons. The predicted octanol–water partition coefficient (Wildman–Crippen LogP) is 3.10. The zero-order valence-corrected chi connectivity index (χ0v) is 11.3. The summed E-state index contributed by atoms with van der Waals surface area (Å²) in [5.74, 6) is 0.278. The Morgan fingerprint density at radius 2 is 1.95 bits per heavy atom. The molecule has 0 fully saturated rings. The SMILES string of the molecule is Cc1cc(C)c(CO)c(N(C)c2ccccc2F)n1. The van der Waals surface area contributed by atoms with Crippen LogP contribution >= 0.6 is 0 Å². The molecule has 0 radical (unpaired) electrons. The van der Waals surface area contributed by atoms with Crippen molar-refractivity contribution in [2.24, 2.45) is 0 Å². The number of aliphatic hydroxyl groups excluding tert-OH is 1. The number of aromatic nitrogens is 1. The van der Waals surface area contributed by atoms with Crippen molar-refractivity contribution in [1.29, 1.82) is 0 Å². The fourth-order valence-corrected chi connectivity index (χ4v) is 2.15. The molecule has 0 bridgehead atoms. The van der Waals surface area contributed by atoms with Crippen molar-refractivity contribution in [2.75, 3.05) is 11.9 Å². The number of rotatable bonds is 3. The number of aryl methyl sites for hydroxylation is 2. The van der Waals surface area contributed by atoms with Gasteiger partial charge in [0, 0.05) is 18.3 Å². The molecular weight excluding hydrogens is 243 g/mol. The number of para-hydroxylation sites is 1. The molecule has 1 aromatic heterocycles. The molecular formula is C15H17FN2O. The summed E-state index contributed by atoms with van der Waals surface area (Å²) in [5, 5.41) is 9.49. The number of nitrogens with zero attached hydrogens (tertiary/aromatic N) is 2. The summed E-state index contributed by atoms with van der Waals surface area (Å²) in [5.41, 5.74) is 2.95. The Hall–Kier alpha value is -1.94. The van der Waals surface area contributed by atoms with Crippen LogP contribution in [0.2, 0.25) is 0 Å². The van der Waals surface area contributed by atoms with Crippen LogP contribution in [0.1, 0.15) is 16.8 Å². The second kappa shape index (κ2) is 5.36. The lowest BCUT2D eigenvalue weighted by Crippen LogP contribution is -2.16. The van der Waals surface area contributed by atoms with Crippen LogP contribution < -0.4 is 4.90 Å². The van der Waals surface area contributed by atoms with Crippen LogP contribution in [0.15, 0.2) is 30.3 Å². The second-order valence-electron chi connectivity index (χ2n) is 4.55. The van der Waals surface area contributed by atoms with Gasteiger partial charge in [0.05, 0.1) is 12.3 Å². The minimum absolute atomic E-state index is 0.118. The highest BCUT2D eigenvalue weighted by atomic mass is 19.1. The highest BCUT2D eigenvalue weighted by Gasteiger charge is 2.15. The normalized spacial score (nSPS) is 10.6. The van der Waals surface area contributed by atoms with E-state index in [1.54, 1.807) is 30.1 Å². The molecule has 0 aliphatic rings. The van der Waals surface area contributed by atoms with Crippen molar-refractivity contribution in [3.05, 3.63) is 53.0 Å². The molecule has 0 saturated heterocycles. The van der Waals surface area contributed by atoms with Gasteiger partial charge in [-0.3, -0.25) is 0 Å². The average molecular weight is 260 g/mol. The lowest BCUT2D eigenvalue weighted by molar-refractivity contribution is 0.281. The predicted molar refractivity (Wildman–Crippen MR) is 74.1 cm³/mol. The molecule has 0 spiro atoms. The molecule has 0 aliphatic carbocycles. The van der Waals surface area contributed by atoms with Gasteiger partial charge in [-0.1, -0.05) is 12.1 Å². The molecule has 19 heavy (non-hydrogen) atoms. The van der Waals surface area contributed by atoms with Crippen molar-refractivity contribution in [1.82, 2.24) is 4.98 Å². The monoisotopic (exact) mass is 260 g/mol. The Morgan fingerprint density at radius 3 is 2.58 bits per heavy atom. The van der Waals surface area contributed by atoms with Crippen molar-refractivity contribution in [2.45, 2.75) is 20.5 Å². The Morgan fingerprint density at radius 1 is 1.26 bits per heavy atom. The van der Waals surface area contributed by atoms with E-state index in [2.05, 4.69) is 4.98 Å². The molecule has 0 aliphatic heterocycles. The third-order valence-corrected chi connectivity index (χ3v) is 3.14. The van der Waals surface area contributed by atoms with Gasteiger partial charge in [0.15, 0.2) is 0 Å². The summed E-state index contributed by atoms with van der Waals surface area (Å²) in [6.07, 6.45) is 0. The molecule has 1 heterocycles. The van der Waals surface area contributed by atoms with Gasteiger partial charge in [0.25, 0.3) is 0 Å². The number of halogens is 1. The van der Waals surface area contributed by atoms with E-state index in [0.29, 0.717) is 11.5 Å². The molecule has 0 atom stereocenters. The van der Waals surface area contributed by atoms with Crippen LogP contribution in [0.4, 0.5) is 15.9 Å². The second-order valence-corrected chi connectivity index (χ2v) is 4.55. The van der Waals surface area contributed by atoms with Crippen LogP contribution in [0.3, 0.4) is 0 Å². The topological polar surface area (TPSA) is 36.4 Å². The van der Waals surface area contributed by atoms with Crippen molar-refractivity contribution >= 4 is 11.5 Å². The highest BCUT2D eigenvalue weighted by Crippen LogP contribution is 2.29. The third-order valence-electron chi connectivity index (χ3n) is 3.14.